The van der Waals surface area contributed by atoms with Crippen LogP contribution in [0.3, 0.4) is 0 Å². The maximum absolute atomic E-state index is 12.2. The minimum atomic E-state index is -0.334. The lowest BCUT2D eigenvalue weighted by molar-refractivity contribution is 0.0495. The van der Waals surface area contributed by atoms with E-state index in [4.69, 9.17) is 4.74 Å². The number of nitrogens with zero attached hydrogens (tertiary/aromatic N) is 1. The number of halogens is 1. The molecule has 1 N–H and O–H groups in total. The van der Waals surface area contributed by atoms with Crippen LogP contribution in [0, 0.1) is 13.8 Å². The number of aryl methyl sites for hydroxylation is 2. The van der Waals surface area contributed by atoms with Gasteiger partial charge in [-0.15, -0.1) is 12.4 Å². The first-order valence-corrected chi connectivity index (χ1v) is 8.36. The van der Waals surface area contributed by atoms with Crippen molar-refractivity contribution in [2.75, 3.05) is 25.0 Å². The number of rotatable bonds is 5. The van der Waals surface area contributed by atoms with Crippen molar-refractivity contribution in [2.45, 2.75) is 52.6 Å². The van der Waals surface area contributed by atoms with Crippen LogP contribution in [0.5, 0.6) is 0 Å². The second kappa shape index (κ2) is 9.78. The second-order valence-corrected chi connectivity index (χ2v) is 6.22. The third-order valence-electron chi connectivity index (χ3n) is 4.27. The standard InChI is InChI=1S/C18H28N2O2.ClH/c1-4-5-11-20-12-7-10-16(13-20)22-18(21)19-17-14(2)8-6-9-15(17)3;/h6,8-9,16H,4-5,7,10-13H2,1-3H3,(H,19,21);1H. The van der Waals surface area contributed by atoms with E-state index in [9.17, 15) is 4.79 Å². The first-order chi connectivity index (χ1) is 10.6. The predicted molar refractivity (Wildman–Crippen MR) is 97.6 cm³/mol. The van der Waals surface area contributed by atoms with E-state index in [1.165, 1.54) is 12.8 Å². The number of carbonyl (C=O) groups is 1. The Hall–Kier alpha value is -1.26. The van der Waals surface area contributed by atoms with E-state index in [2.05, 4.69) is 17.1 Å². The lowest BCUT2D eigenvalue weighted by atomic mass is 10.1. The molecule has 1 aliphatic rings. The molecule has 0 bridgehead atoms. The number of hydrogen-bond acceptors (Lipinski definition) is 3. The third-order valence-corrected chi connectivity index (χ3v) is 4.27. The van der Waals surface area contributed by atoms with Gasteiger partial charge in [-0.25, -0.2) is 4.79 Å². The molecule has 1 fully saturated rings. The molecule has 1 amide bonds. The molecule has 1 atom stereocenters. The van der Waals surface area contributed by atoms with Crippen molar-refractivity contribution < 1.29 is 9.53 Å². The molecule has 1 aliphatic heterocycles. The van der Waals surface area contributed by atoms with Crippen LogP contribution in [-0.4, -0.2) is 36.7 Å². The molecule has 130 valence electrons. The number of amides is 1. The summed E-state index contributed by atoms with van der Waals surface area (Å²) in [5.74, 6) is 0. The van der Waals surface area contributed by atoms with Crippen molar-refractivity contribution in [3.05, 3.63) is 29.3 Å². The lowest BCUT2D eigenvalue weighted by Crippen LogP contribution is -2.41. The highest BCUT2D eigenvalue weighted by Crippen LogP contribution is 2.20. The second-order valence-electron chi connectivity index (χ2n) is 6.22. The molecular weight excluding hydrogens is 312 g/mol. The molecule has 0 radical (unpaired) electrons. The summed E-state index contributed by atoms with van der Waals surface area (Å²) in [7, 11) is 0. The summed E-state index contributed by atoms with van der Waals surface area (Å²) >= 11 is 0. The summed E-state index contributed by atoms with van der Waals surface area (Å²) in [5, 5.41) is 2.90. The molecule has 2 rings (SSSR count). The molecule has 4 nitrogen and oxygen atoms in total. The predicted octanol–water partition coefficient (Wildman–Crippen LogP) is 4.54. The highest BCUT2D eigenvalue weighted by Gasteiger charge is 2.23. The van der Waals surface area contributed by atoms with Crippen molar-refractivity contribution in [3.63, 3.8) is 0 Å². The van der Waals surface area contributed by atoms with E-state index in [1.807, 2.05) is 32.0 Å². The Morgan fingerprint density at radius 1 is 1.35 bits per heavy atom. The monoisotopic (exact) mass is 340 g/mol. The van der Waals surface area contributed by atoms with E-state index in [-0.39, 0.29) is 24.6 Å². The number of anilines is 1. The van der Waals surface area contributed by atoms with E-state index >= 15 is 0 Å². The molecular formula is C18H29ClN2O2. The number of unbranched alkanes of at least 4 members (excludes halogenated alkanes) is 1. The van der Waals surface area contributed by atoms with Crippen LogP contribution in [0.1, 0.15) is 43.7 Å². The average Bonchev–Trinajstić information content (AvgIpc) is 2.49. The molecule has 1 aromatic rings. The zero-order chi connectivity index (χ0) is 15.9. The summed E-state index contributed by atoms with van der Waals surface area (Å²) in [6, 6.07) is 5.99. The van der Waals surface area contributed by atoms with Crippen molar-refractivity contribution in [2.24, 2.45) is 0 Å². The fourth-order valence-corrected chi connectivity index (χ4v) is 2.99. The van der Waals surface area contributed by atoms with Gasteiger partial charge in [-0.3, -0.25) is 10.2 Å². The summed E-state index contributed by atoms with van der Waals surface area (Å²) in [6.45, 7) is 9.29. The number of ether oxygens (including phenoxy) is 1. The normalized spacial score (nSPS) is 18.1. The number of para-hydroxylation sites is 1. The highest BCUT2D eigenvalue weighted by molar-refractivity contribution is 5.86. The Labute approximate surface area is 146 Å². The molecule has 0 saturated carbocycles. The molecule has 5 heteroatoms. The van der Waals surface area contributed by atoms with Gasteiger partial charge in [0.2, 0.25) is 0 Å². The minimum absolute atomic E-state index is 0. The zero-order valence-corrected chi connectivity index (χ0v) is 15.2. The highest BCUT2D eigenvalue weighted by atomic mass is 35.5. The van der Waals surface area contributed by atoms with E-state index in [0.29, 0.717) is 0 Å². The molecule has 1 heterocycles. The zero-order valence-electron chi connectivity index (χ0n) is 14.4. The van der Waals surface area contributed by atoms with Crippen molar-refractivity contribution in [1.29, 1.82) is 0 Å². The van der Waals surface area contributed by atoms with Crippen LogP contribution in [0.2, 0.25) is 0 Å². The Kier molecular flexibility index (Phi) is 8.42. The van der Waals surface area contributed by atoms with Crippen LogP contribution in [0.15, 0.2) is 18.2 Å². The third kappa shape index (κ3) is 6.04. The number of carbonyl (C=O) groups excluding carboxylic acids is 1. The Morgan fingerprint density at radius 2 is 2.04 bits per heavy atom. The number of likely N-dealkylation sites (tertiary alicyclic amines) is 1. The van der Waals surface area contributed by atoms with Crippen molar-refractivity contribution in [3.8, 4) is 0 Å². The van der Waals surface area contributed by atoms with Gasteiger partial charge >= 0.3 is 6.09 Å². The average molecular weight is 341 g/mol. The number of nitrogens with one attached hydrogen (secondary N) is 1. The van der Waals surface area contributed by atoms with Gasteiger partial charge in [0.25, 0.3) is 0 Å². The number of piperidine rings is 1. The van der Waals surface area contributed by atoms with Crippen LogP contribution in [-0.2, 0) is 4.74 Å². The summed E-state index contributed by atoms with van der Waals surface area (Å²) in [6.07, 6.45) is 4.15. The molecule has 1 saturated heterocycles. The maximum Gasteiger partial charge on any atom is 0.411 e. The van der Waals surface area contributed by atoms with Gasteiger partial charge < -0.3 is 4.74 Å². The SMILES string of the molecule is CCCCN1CCCC(OC(=O)Nc2c(C)cccc2C)C1.Cl. The van der Waals surface area contributed by atoms with Gasteiger partial charge in [0, 0.05) is 12.2 Å². The number of benzene rings is 1. The van der Waals surface area contributed by atoms with E-state index in [0.717, 1.165) is 49.3 Å². The Balaban J connectivity index is 0.00000264. The Bertz CT molecular complexity index is 488. The summed E-state index contributed by atoms with van der Waals surface area (Å²) in [5.41, 5.74) is 2.99. The minimum Gasteiger partial charge on any atom is -0.445 e. The smallest absolute Gasteiger partial charge is 0.411 e. The maximum atomic E-state index is 12.2. The lowest BCUT2D eigenvalue weighted by Gasteiger charge is -2.32. The molecule has 0 aliphatic carbocycles. The van der Waals surface area contributed by atoms with Gasteiger partial charge in [0.1, 0.15) is 6.10 Å². The summed E-state index contributed by atoms with van der Waals surface area (Å²) < 4.78 is 5.62. The van der Waals surface area contributed by atoms with E-state index < -0.39 is 0 Å². The van der Waals surface area contributed by atoms with Gasteiger partial charge in [-0.1, -0.05) is 31.5 Å². The van der Waals surface area contributed by atoms with Gasteiger partial charge in [-0.2, -0.15) is 0 Å². The molecule has 0 aromatic heterocycles. The topological polar surface area (TPSA) is 41.6 Å². The van der Waals surface area contributed by atoms with Crippen molar-refractivity contribution >= 4 is 24.2 Å². The fraction of sp³-hybridized carbons (Fsp3) is 0.611. The van der Waals surface area contributed by atoms with Crippen LogP contribution >= 0.6 is 12.4 Å². The van der Waals surface area contributed by atoms with E-state index in [1.54, 1.807) is 0 Å². The molecule has 23 heavy (non-hydrogen) atoms. The summed E-state index contributed by atoms with van der Waals surface area (Å²) in [4.78, 5) is 14.6. The van der Waals surface area contributed by atoms with Crippen molar-refractivity contribution in [1.82, 2.24) is 4.90 Å². The quantitative estimate of drug-likeness (QED) is 0.855. The van der Waals surface area contributed by atoms with Gasteiger partial charge in [-0.05, 0) is 57.3 Å². The van der Waals surface area contributed by atoms with Gasteiger partial charge in [0.15, 0.2) is 0 Å². The van der Waals surface area contributed by atoms with Gasteiger partial charge in [0.05, 0.1) is 0 Å². The van der Waals surface area contributed by atoms with Crippen LogP contribution in [0.4, 0.5) is 10.5 Å². The van der Waals surface area contributed by atoms with Crippen LogP contribution < -0.4 is 5.32 Å². The Morgan fingerprint density at radius 3 is 2.70 bits per heavy atom. The fourth-order valence-electron chi connectivity index (χ4n) is 2.99. The van der Waals surface area contributed by atoms with Crippen LogP contribution in [0.25, 0.3) is 0 Å². The number of hydrogen-bond donors (Lipinski definition) is 1. The molecule has 0 spiro atoms. The molecule has 1 unspecified atom stereocenters. The first kappa shape index (κ1) is 19.8. The molecule has 1 aromatic carbocycles. The first-order valence-electron chi connectivity index (χ1n) is 8.36. The largest absolute Gasteiger partial charge is 0.445 e.